The second-order valence-electron chi connectivity index (χ2n) is 7.35. The summed E-state index contributed by atoms with van der Waals surface area (Å²) in [5.74, 6) is 1.75. The molecular weight excluding hydrogens is 304 g/mol. The maximum atomic E-state index is 10.3. The van der Waals surface area contributed by atoms with Crippen LogP contribution in [0.15, 0.2) is 18.2 Å². The van der Waals surface area contributed by atoms with Gasteiger partial charge in [0.1, 0.15) is 12.3 Å². The van der Waals surface area contributed by atoms with Gasteiger partial charge < -0.3 is 19.4 Å². The van der Waals surface area contributed by atoms with Gasteiger partial charge in [-0.05, 0) is 18.2 Å². The fourth-order valence-corrected chi connectivity index (χ4v) is 2.28. The Kier molecular flexibility index (Phi) is 4.94. The van der Waals surface area contributed by atoms with Crippen molar-refractivity contribution in [3.8, 4) is 17.1 Å². The number of aromatic nitrogens is 3. The van der Waals surface area contributed by atoms with Gasteiger partial charge in [0.25, 0.3) is 0 Å². The summed E-state index contributed by atoms with van der Waals surface area (Å²) in [6.45, 7) is 0.847. The predicted octanol–water partition coefficient (Wildman–Crippen LogP) is 1.58. The van der Waals surface area contributed by atoms with E-state index in [-0.39, 0.29) is 5.75 Å². The fraction of sp³-hybridized carbons (Fsp3) is 0.471. The number of hydrogen-bond donors (Lipinski definition) is 1. The Morgan fingerprint density at radius 3 is 1.92 bits per heavy atom. The fourth-order valence-electron chi connectivity index (χ4n) is 2.28. The quantitative estimate of drug-likeness (QED) is 0.839. The second kappa shape index (κ2) is 6.60. The third-order valence-corrected chi connectivity index (χ3v) is 3.37. The molecule has 1 aromatic carbocycles. The first kappa shape index (κ1) is 17.9. The van der Waals surface area contributed by atoms with E-state index in [1.165, 1.54) is 0 Å². The monoisotopic (exact) mass is 331 g/mol. The van der Waals surface area contributed by atoms with Crippen molar-refractivity contribution in [1.29, 1.82) is 0 Å². The molecular formula is C17H27N6O+. The van der Waals surface area contributed by atoms with Crippen molar-refractivity contribution in [3.63, 3.8) is 0 Å². The van der Waals surface area contributed by atoms with Gasteiger partial charge in [0.05, 0.1) is 26.7 Å². The van der Waals surface area contributed by atoms with Crippen molar-refractivity contribution in [2.24, 2.45) is 0 Å². The molecule has 7 nitrogen and oxygen atoms in total. The van der Waals surface area contributed by atoms with Gasteiger partial charge in [0, 0.05) is 33.8 Å². The molecule has 0 fully saturated rings. The maximum absolute atomic E-state index is 10.3. The molecule has 0 atom stereocenters. The molecule has 0 aliphatic heterocycles. The summed E-state index contributed by atoms with van der Waals surface area (Å²) in [5.41, 5.74) is 1.74. The van der Waals surface area contributed by atoms with Crippen LogP contribution in [0.5, 0.6) is 5.75 Å². The van der Waals surface area contributed by atoms with Crippen LogP contribution in [0.4, 0.5) is 11.9 Å². The van der Waals surface area contributed by atoms with Crippen molar-refractivity contribution in [2.45, 2.75) is 6.54 Å². The smallest absolute Gasteiger partial charge is 0.230 e. The molecule has 0 bridgehead atoms. The number of anilines is 2. The van der Waals surface area contributed by atoms with Crippen LogP contribution in [0, 0.1) is 0 Å². The van der Waals surface area contributed by atoms with Crippen molar-refractivity contribution < 1.29 is 9.59 Å². The average Bonchev–Trinajstić information content (AvgIpc) is 2.47. The van der Waals surface area contributed by atoms with Crippen molar-refractivity contribution in [1.82, 2.24) is 15.0 Å². The van der Waals surface area contributed by atoms with Crippen LogP contribution in [-0.4, -0.2) is 73.9 Å². The number of rotatable bonds is 5. The molecule has 24 heavy (non-hydrogen) atoms. The lowest BCUT2D eigenvalue weighted by Gasteiger charge is -2.24. The summed E-state index contributed by atoms with van der Waals surface area (Å²) in [7, 11) is 13.9. The Hall–Kier alpha value is -2.41. The van der Waals surface area contributed by atoms with Gasteiger partial charge in [-0.3, -0.25) is 0 Å². The molecule has 0 spiro atoms. The predicted molar refractivity (Wildman–Crippen MR) is 97.3 cm³/mol. The van der Waals surface area contributed by atoms with E-state index in [1.807, 2.05) is 50.1 Å². The van der Waals surface area contributed by atoms with E-state index in [0.717, 1.165) is 16.6 Å². The van der Waals surface area contributed by atoms with Crippen LogP contribution in [-0.2, 0) is 6.54 Å². The summed E-state index contributed by atoms with van der Waals surface area (Å²) in [5, 5.41) is 10.3. The summed E-state index contributed by atoms with van der Waals surface area (Å²) in [4.78, 5) is 17.1. The van der Waals surface area contributed by atoms with Crippen LogP contribution in [0.1, 0.15) is 5.56 Å². The van der Waals surface area contributed by atoms with Crippen molar-refractivity contribution in [2.75, 3.05) is 59.1 Å². The molecule has 0 unspecified atom stereocenters. The van der Waals surface area contributed by atoms with Gasteiger partial charge in [0.15, 0.2) is 5.82 Å². The Balaban J connectivity index is 2.56. The second-order valence-corrected chi connectivity index (χ2v) is 7.35. The minimum absolute atomic E-state index is 0.167. The Morgan fingerprint density at radius 2 is 1.46 bits per heavy atom. The molecule has 7 heteroatoms. The third kappa shape index (κ3) is 4.32. The summed E-state index contributed by atoms with van der Waals surface area (Å²) in [6, 6.07) is 5.59. The van der Waals surface area contributed by atoms with Crippen LogP contribution >= 0.6 is 0 Å². The number of quaternary nitrogens is 1. The molecule has 0 saturated carbocycles. The molecule has 2 aromatic rings. The maximum Gasteiger partial charge on any atom is 0.230 e. The van der Waals surface area contributed by atoms with E-state index in [9.17, 15) is 5.11 Å². The lowest BCUT2D eigenvalue weighted by Crippen LogP contribution is -2.33. The molecule has 0 aliphatic carbocycles. The molecule has 0 saturated heterocycles. The first-order valence-electron chi connectivity index (χ1n) is 7.80. The highest BCUT2D eigenvalue weighted by molar-refractivity contribution is 5.66. The van der Waals surface area contributed by atoms with Gasteiger partial charge in [-0.1, -0.05) is 0 Å². The number of phenolic OH excluding ortho intramolecular Hbond substituents is 1. The summed E-state index contributed by atoms with van der Waals surface area (Å²) >= 11 is 0. The highest BCUT2D eigenvalue weighted by Crippen LogP contribution is 2.30. The molecule has 0 aliphatic rings. The molecule has 2 rings (SSSR count). The number of hydrogen-bond acceptors (Lipinski definition) is 6. The first-order chi connectivity index (χ1) is 11.1. The standard InChI is InChI=1S/C17H26N6O/c1-21(2)16-18-15(19-17(20-16)22(3)4)13-10-12(8-9-14(13)24)11-23(5,6)7/h8-10H,11H2,1-7H3/p+1. The van der Waals surface area contributed by atoms with E-state index in [4.69, 9.17) is 0 Å². The van der Waals surface area contributed by atoms with E-state index < -0.39 is 0 Å². The molecule has 130 valence electrons. The largest absolute Gasteiger partial charge is 0.507 e. The number of benzene rings is 1. The Morgan fingerprint density at radius 1 is 0.917 bits per heavy atom. The summed E-state index contributed by atoms with van der Waals surface area (Å²) < 4.78 is 0.799. The minimum Gasteiger partial charge on any atom is -0.507 e. The zero-order chi connectivity index (χ0) is 18.1. The highest BCUT2D eigenvalue weighted by atomic mass is 16.3. The number of aromatic hydroxyl groups is 1. The van der Waals surface area contributed by atoms with Crippen LogP contribution in [0.25, 0.3) is 11.4 Å². The van der Waals surface area contributed by atoms with Gasteiger partial charge >= 0.3 is 0 Å². The highest BCUT2D eigenvalue weighted by Gasteiger charge is 2.16. The molecule has 1 N–H and O–H groups in total. The molecule has 0 radical (unpaired) electrons. The molecule has 1 heterocycles. The number of nitrogens with zero attached hydrogens (tertiary/aromatic N) is 6. The van der Waals surface area contributed by atoms with E-state index in [1.54, 1.807) is 6.07 Å². The lowest BCUT2D eigenvalue weighted by molar-refractivity contribution is -0.884. The zero-order valence-corrected chi connectivity index (χ0v) is 15.6. The van der Waals surface area contributed by atoms with Crippen LogP contribution in [0.3, 0.4) is 0 Å². The van der Waals surface area contributed by atoms with E-state index in [2.05, 4.69) is 36.1 Å². The van der Waals surface area contributed by atoms with E-state index >= 15 is 0 Å². The molecule has 0 amide bonds. The normalized spacial score (nSPS) is 11.5. The first-order valence-corrected chi connectivity index (χ1v) is 7.80. The zero-order valence-electron chi connectivity index (χ0n) is 15.6. The van der Waals surface area contributed by atoms with Crippen molar-refractivity contribution in [3.05, 3.63) is 23.8 Å². The van der Waals surface area contributed by atoms with E-state index in [0.29, 0.717) is 23.3 Å². The number of phenols is 1. The minimum atomic E-state index is 0.167. The van der Waals surface area contributed by atoms with Crippen LogP contribution < -0.4 is 9.80 Å². The lowest BCUT2D eigenvalue weighted by atomic mass is 10.1. The van der Waals surface area contributed by atoms with Gasteiger partial charge in [-0.25, -0.2) is 0 Å². The van der Waals surface area contributed by atoms with Gasteiger partial charge in [-0.15, -0.1) is 0 Å². The van der Waals surface area contributed by atoms with Gasteiger partial charge in [0.2, 0.25) is 11.9 Å². The third-order valence-electron chi connectivity index (χ3n) is 3.37. The SMILES string of the molecule is CN(C)c1nc(-c2cc(C[N+](C)(C)C)ccc2O)nc(N(C)C)n1. The van der Waals surface area contributed by atoms with Crippen molar-refractivity contribution >= 4 is 11.9 Å². The summed E-state index contributed by atoms with van der Waals surface area (Å²) in [6.07, 6.45) is 0. The molecule has 1 aromatic heterocycles. The van der Waals surface area contributed by atoms with Gasteiger partial charge in [-0.2, -0.15) is 15.0 Å². The Labute approximate surface area is 143 Å². The Bertz CT molecular complexity index is 695. The topological polar surface area (TPSA) is 65.4 Å². The van der Waals surface area contributed by atoms with Crippen LogP contribution in [0.2, 0.25) is 0 Å². The average molecular weight is 331 g/mol.